The molecule has 0 bridgehead atoms. The summed E-state index contributed by atoms with van der Waals surface area (Å²) in [4.78, 5) is 17.4. The van der Waals surface area contributed by atoms with Crippen molar-refractivity contribution in [3.05, 3.63) is 36.0 Å². The molecule has 1 aromatic heterocycles. The molecule has 2 aliphatic rings. The molecule has 2 aliphatic heterocycles. The summed E-state index contributed by atoms with van der Waals surface area (Å²) < 4.78 is 7.19. The minimum atomic E-state index is 0.162. The van der Waals surface area contributed by atoms with Crippen LogP contribution in [0.25, 0.3) is 10.9 Å². The molecule has 0 saturated carbocycles. The van der Waals surface area contributed by atoms with Gasteiger partial charge in [-0.3, -0.25) is 4.79 Å². The number of carbonyl (C=O) groups is 1. The number of benzene rings is 1. The van der Waals surface area contributed by atoms with Crippen molar-refractivity contribution in [1.82, 2.24) is 14.4 Å². The lowest BCUT2D eigenvalue weighted by molar-refractivity contribution is 0.00900. The second-order valence-corrected chi connectivity index (χ2v) is 7.33. The number of fused-ring (bicyclic) bond motifs is 1. The average molecular weight is 327 g/mol. The Labute approximate surface area is 142 Å². The Kier molecular flexibility index (Phi) is 3.85. The van der Waals surface area contributed by atoms with Gasteiger partial charge in [-0.25, -0.2) is 0 Å². The lowest BCUT2D eigenvalue weighted by atomic mass is 9.79. The maximum atomic E-state index is 12.9. The summed E-state index contributed by atoms with van der Waals surface area (Å²) in [5, 5.41) is 1.13. The molecule has 0 aliphatic carbocycles. The van der Waals surface area contributed by atoms with Crippen LogP contribution in [0.3, 0.4) is 0 Å². The van der Waals surface area contributed by atoms with Crippen molar-refractivity contribution in [3.8, 4) is 0 Å². The Hall–Kier alpha value is -1.85. The molecule has 1 aromatic carbocycles. The first-order valence-corrected chi connectivity index (χ1v) is 8.67. The van der Waals surface area contributed by atoms with E-state index in [1.807, 2.05) is 34.7 Å². The molecule has 5 heteroatoms. The molecule has 0 unspecified atom stereocenters. The van der Waals surface area contributed by atoms with Gasteiger partial charge >= 0.3 is 0 Å². The van der Waals surface area contributed by atoms with Crippen molar-refractivity contribution in [1.29, 1.82) is 0 Å². The van der Waals surface area contributed by atoms with E-state index in [2.05, 4.69) is 17.0 Å². The van der Waals surface area contributed by atoms with Crippen molar-refractivity contribution in [2.45, 2.75) is 6.42 Å². The van der Waals surface area contributed by atoms with Gasteiger partial charge in [0.05, 0.1) is 6.61 Å². The summed E-state index contributed by atoms with van der Waals surface area (Å²) in [5.74, 6) is 0.162. The number of nitrogens with zero attached hydrogens (tertiary/aromatic N) is 3. The molecule has 2 saturated heterocycles. The van der Waals surface area contributed by atoms with Gasteiger partial charge in [-0.1, -0.05) is 18.2 Å². The highest BCUT2D eigenvalue weighted by Gasteiger charge is 2.49. The molecule has 4 rings (SSSR count). The number of amides is 1. The summed E-state index contributed by atoms with van der Waals surface area (Å²) >= 11 is 0. The van der Waals surface area contributed by atoms with Gasteiger partial charge in [-0.2, -0.15) is 0 Å². The van der Waals surface area contributed by atoms with E-state index in [0.717, 1.165) is 55.9 Å². The predicted molar refractivity (Wildman–Crippen MR) is 94.2 cm³/mol. The summed E-state index contributed by atoms with van der Waals surface area (Å²) in [7, 11) is 3.73. The Balaban J connectivity index is 1.43. The molecule has 2 aromatic rings. The first-order chi connectivity index (χ1) is 11.6. The van der Waals surface area contributed by atoms with Gasteiger partial charge in [-0.15, -0.1) is 0 Å². The molecule has 5 nitrogen and oxygen atoms in total. The monoisotopic (exact) mass is 327 g/mol. The molecule has 3 heterocycles. The van der Waals surface area contributed by atoms with Gasteiger partial charge in [-0.05, 0) is 25.1 Å². The summed E-state index contributed by atoms with van der Waals surface area (Å²) in [6, 6.07) is 10.2. The number of likely N-dealkylation sites (tertiary alicyclic amines) is 2. The first kappa shape index (κ1) is 15.7. The lowest BCUT2D eigenvalue weighted by Gasteiger charge is -2.48. The van der Waals surface area contributed by atoms with Crippen molar-refractivity contribution in [3.63, 3.8) is 0 Å². The van der Waals surface area contributed by atoms with Crippen LogP contribution in [0.4, 0.5) is 0 Å². The van der Waals surface area contributed by atoms with Crippen LogP contribution in [0.1, 0.15) is 16.9 Å². The number of para-hydroxylation sites is 1. The van der Waals surface area contributed by atoms with E-state index in [1.165, 1.54) is 6.42 Å². The number of methoxy groups -OCH3 is 1. The minimum absolute atomic E-state index is 0.162. The third-order valence-corrected chi connectivity index (χ3v) is 5.64. The Morgan fingerprint density at radius 1 is 1.25 bits per heavy atom. The zero-order chi connectivity index (χ0) is 16.7. The van der Waals surface area contributed by atoms with Crippen LogP contribution < -0.4 is 0 Å². The van der Waals surface area contributed by atoms with E-state index in [9.17, 15) is 4.79 Å². The van der Waals surface area contributed by atoms with E-state index < -0.39 is 0 Å². The van der Waals surface area contributed by atoms with Crippen LogP contribution in [0, 0.1) is 5.41 Å². The molecule has 0 radical (unpaired) electrons. The van der Waals surface area contributed by atoms with Gasteiger partial charge in [0.15, 0.2) is 0 Å². The highest BCUT2D eigenvalue weighted by Crippen LogP contribution is 2.40. The number of ether oxygens (including phenoxy) is 1. The van der Waals surface area contributed by atoms with E-state index in [1.54, 1.807) is 7.11 Å². The van der Waals surface area contributed by atoms with Crippen molar-refractivity contribution in [2.24, 2.45) is 12.5 Å². The van der Waals surface area contributed by atoms with Gasteiger partial charge in [0.1, 0.15) is 5.69 Å². The third kappa shape index (κ3) is 2.52. The average Bonchev–Trinajstić information content (AvgIpc) is 3.13. The Bertz CT molecular complexity index is 761. The lowest BCUT2D eigenvalue weighted by Crippen LogP contribution is -2.59. The molecule has 2 fully saturated rings. The summed E-state index contributed by atoms with van der Waals surface area (Å²) in [5.41, 5.74) is 2.22. The fourth-order valence-corrected chi connectivity index (χ4v) is 4.26. The van der Waals surface area contributed by atoms with Crippen LogP contribution in [0.2, 0.25) is 0 Å². The molecule has 0 atom stereocenters. The fraction of sp³-hybridized carbons (Fsp3) is 0.526. The second-order valence-electron chi connectivity index (χ2n) is 7.33. The summed E-state index contributed by atoms with van der Waals surface area (Å²) in [6.45, 7) is 5.77. The van der Waals surface area contributed by atoms with Gasteiger partial charge in [0, 0.05) is 56.7 Å². The van der Waals surface area contributed by atoms with E-state index in [0.29, 0.717) is 5.41 Å². The SMILES string of the molecule is COCCN1CCC2(C1)CN(C(=O)c1cc3ccccc3n1C)C2. The largest absolute Gasteiger partial charge is 0.383 e. The van der Waals surface area contributed by atoms with Crippen LogP contribution in [0.15, 0.2) is 30.3 Å². The van der Waals surface area contributed by atoms with E-state index in [-0.39, 0.29) is 5.91 Å². The third-order valence-electron chi connectivity index (χ3n) is 5.64. The Morgan fingerprint density at radius 3 is 2.79 bits per heavy atom. The van der Waals surface area contributed by atoms with Crippen molar-refractivity contribution < 1.29 is 9.53 Å². The highest BCUT2D eigenvalue weighted by molar-refractivity contribution is 5.99. The molecule has 1 spiro atoms. The van der Waals surface area contributed by atoms with Crippen molar-refractivity contribution in [2.75, 3.05) is 46.4 Å². The van der Waals surface area contributed by atoms with Crippen molar-refractivity contribution >= 4 is 16.8 Å². The topological polar surface area (TPSA) is 37.7 Å². The maximum Gasteiger partial charge on any atom is 0.270 e. The number of hydrogen-bond donors (Lipinski definition) is 0. The number of aromatic nitrogens is 1. The van der Waals surface area contributed by atoms with Crippen LogP contribution in [-0.2, 0) is 11.8 Å². The first-order valence-electron chi connectivity index (χ1n) is 8.67. The minimum Gasteiger partial charge on any atom is -0.383 e. The zero-order valence-corrected chi connectivity index (χ0v) is 14.5. The molecule has 0 N–H and O–H groups in total. The normalized spacial score (nSPS) is 20.0. The van der Waals surface area contributed by atoms with E-state index in [4.69, 9.17) is 4.74 Å². The molecule has 128 valence electrons. The number of carbonyl (C=O) groups excluding carboxylic acids is 1. The highest BCUT2D eigenvalue weighted by atomic mass is 16.5. The maximum absolute atomic E-state index is 12.9. The molecular formula is C19H25N3O2. The van der Waals surface area contributed by atoms with Gasteiger partial charge in [0.25, 0.3) is 5.91 Å². The standard InChI is InChI=1S/C19H25N3O2/c1-20-16-6-4-3-5-15(16)11-17(20)18(23)22-13-19(14-22)7-8-21(12-19)9-10-24-2/h3-6,11H,7-10,12-14H2,1-2H3. The number of hydrogen-bond acceptors (Lipinski definition) is 3. The number of aryl methyl sites for hydroxylation is 1. The van der Waals surface area contributed by atoms with Crippen LogP contribution >= 0.6 is 0 Å². The van der Waals surface area contributed by atoms with Crippen LogP contribution in [0.5, 0.6) is 0 Å². The number of rotatable bonds is 4. The predicted octanol–water partition coefficient (Wildman–Crippen LogP) is 1.97. The second kappa shape index (κ2) is 5.90. The van der Waals surface area contributed by atoms with Gasteiger partial charge in [0.2, 0.25) is 0 Å². The van der Waals surface area contributed by atoms with Gasteiger partial charge < -0.3 is 19.1 Å². The molecule has 24 heavy (non-hydrogen) atoms. The van der Waals surface area contributed by atoms with Crippen LogP contribution in [-0.4, -0.2) is 66.7 Å². The molecule has 1 amide bonds. The Morgan fingerprint density at radius 2 is 2.04 bits per heavy atom. The molecular weight excluding hydrogens is 302 g/mol. The zero-order valence-electron chi connectivity index (χ0n) is 14.5. The summed E-state index contributed by atoms with van der Waals surface area (Å²) in [6.07, 6.45) is 1.19. The van der Waals surface area contributed by atoms with E-state index >= 15 is 0 Å². The fourth-order valence-electron chi connectivity index (χ4n) is 4.26. The smallest absolute Gasteiger partial charge is 0.270 e. The quantitative estimate of drug-likeness (QED) is 0.862.